The van der Waals surface area contributed by atoms with E-state index in [1.54, 1.807) is 12.3 Å². The van der Waals surface area contributed by atoms with Crippen LogP contribution in [0.5, 0.6) is 17.2 Å². The first-order valence-electron chi connectivity index (χ1n) is 11.7. The molecule has 3 aliphatic rings. The van der Waals surface area contributed by atoms with E-state index in [1.165, 1.54) is 12.1 Å². The molecule has 0 radical (unpaired) electrons. The number of amides is 3. The van der Waals surface area contributed by atoms with Crippen molar-refractivity contribution in [2.24, 2.45) is 5.92 Å². The number of halogens is 3. The number of nitrogens with zero attached hydrogens (tertiary/aromatic N) is 1. The fraction of sp³-hybridized carbons (Fsp3) is 0.269. The van der Waals surface area contributed by atoms with Crippen LogP contribution in [0.4, 0.5) is 29.5 Å². The summed E-state index contributed by atoms with van der Waals surface area (Å²) in [5, 5.41) is 7.92. The largest absolute Gasteiger partial charge is 0.489 e. The third-order valence-corrected chi connectivity index (χ3v) is 6.75. The van der Waals surface area contributed by atoms with Gasteiger partial charge in [-0.3, -0.25) is 4.79 Å². The first-order valence-corrected chi connectivity index (χ1v) is 11.7. The lowest BCUT2D eigenvalue weighted by Crippen LogP contribution is -2.31. The fourth-order valence-electron chi connectivity index (χ4n) is 4.90. The standard InChI is InChI=1S/C26H21F3N4O4/c27-26(28,29)13-2-1-3-14(10-13)32-25(35)31-12-18-22-17-11-15(4-6-19(17)37-23(18)22)36-20-8-9-30-24-16(20)5-7-21(34)33-24/h1-4,6,8-11,18,22-23H,5,7,12H2,(H,30,33,34)(H2,31,32,35). The van der Waals surface area contributed by atoms with Crippen molar-refractivity contribution in [3.8, 4) is 17.2 Å². The molecule has 3 heterocycles. The van der Waals surface area contributed by atoms with E-state index in [9.17, 15) is 22.8 Å². The molecule has 3 amide bonds. The summed E-state index contributed by atoms with van der Waals surface area (Å²) >= 11 is 0. The first kappa shape index (κ1) is 23.1. The third-order valence-electron chi connectivity index (χ3n) is 6.75. The lowest BCUT2D eigenvalue weighted by molar-refractivity contribution is -0.137. The maximum absolute atomic E-state index is 12.9. The van der Waals surface area contributed by atoms with Crippen molar-refractivity contribution in [1.82, 2.24) is 10.3 Å². The van der Waals surface area contributed by atoms with Gasteiger partial charge >= 0.3 is 12.2 Å². The van der Waals surface area contributed by atoms with Gasteiger partial charge in [0.25, 0.3) is 0 Å². The van der Waals surface area contributed by atoms with E-state index < -0.39 is 17.8 Å². The molecular weight excluding hydrogens is 489 g/mol. The zero-order valence-corrected chi connectivity index (χ0v) is 19.3. The van der Waals surface area contributed by atoms with E-state index in [-0.39, 0.29) is 29.5 Å². The topological polar surface area (TPSA) is 102 Å². The Hall–Kier alpha value is -4.28. The molecule has 3 N–H and O–H groups in total. The molecule has 1 saturated carbocycles. The van der Waals surface area contributed by atoms with Gasteiger partial charge in [0.1, 0.15) is 29.2 Å². The molecule has 190 valence electrons. The number of fused-ring (bicyclic) bond motifs is 4. The molecule has 3 atom stereocenters. The quantitative estimate of drug-likeness (QED) is 0.445. The lowest BCUT2D eigenvalue weighted by atomic mass is 10.1. The smallest absolute Gasteiger partial charge is 0.416 e. The number of carbonyl (C=O) groups excluding carboxylic acids is 2. The van der Waals surface area contributed by atoms with Gasteiger partial charge in [-0.2, -0.15) is 13.2 Å². The summed E-state index contributed by atoms with van der Waals surface area (Å²) in [7, 11) is 0. The van der Waals surface area contributed by atoms with Crippen LogP contribution in [-0.2, 0) is 17.4 Å². The Morgan fingerprint density at radius 2 is 2.03 bits per heavy atom. The molecule has 2 aromatic carbocycles. The van der Waals surface area contributed by atoms with E-state index in [4.69, 9.17) is 9.47 Å². The van der Waals surface area contributed by atoms with Crippen LogP contribution < -0.4 is 25.4 Å². The van der Waals surface area contributed by atoms with Crippen LogP contribution in [0.2, 0.25) is 0 Å². The van der Waals surface area contributed by atoms with Gasteiger partial charge in [0.05, 0.1) is 5.56 Å². The fourth-order valence-corrected chi connectivity index (χ4v) is 4.90. The second kappa shape index (κ2) is 8.68. The minimum absolute atomic E-state index is 0.0407. The van der Waals surface area contributed by atoms with Crippen LogP contribution in [0.25, 0.3) is 0 Å². The van der Waals surface area contributed by atoms with Crippen LogP contribution in [0.1, 0.15) is 29.0 Å². The second-order valence-electron chi connectivity index (χ2n) is 9.17. The van der Waals surface area contributed by atoms with Gasteiger partial charge in [-0.05, 0) is 48.9 Å². The highest BCUT2D eigenvalue weighted by molar-refractivity contribution is 5.93. The Balaban J connectivity index is 1.08. The average molecular weight is 510 g/mol. The Morgan fingerprint density at radius 1 is 1.16 bits per heavy atom. The minimum Gasteiger partial charge on any atom is -0.489 e. The number of hydrogen-bond donors (Lipinski definition) is 3. The Kier molecular flexibility index (Phi) is 5.43. The zero-order valence-electron chi connectivity index (χ0n) is 19.3. The first-order chi connectivity index (χ1) is 17.8. The highest BCUT2D eigenvalue weighted by Crippen LogP contribution is 2.58. The van der Waals surface area contributed by atoms with Crippen molar-refractivity contribution in [3.63, 3.8) is 0 Å². The van der Waals surface area contributed by atoms with E-state index in [0.29, 0.717) is 36.7 Å². The Morgan fingerprint density at radius 3 is 2.86 bits per heavy atom. The molecule has 1 aromatic heterocycles. The zero-order chi connectivity index (χ0) is 25.7. The van der Waals surface area contributed by atoms with Crippen molar-refractivity contribution in [1.29, 1.82) is 0 Å². The molecule has 2 aliphatic heterocycles. The average Bonchev–Trinajstić information content (AvgIpc) is 3.41. The number of aromatic nitrogens is 1. The monoisotopic (exact) mass is 510 g/mol. The molecule has 0 bridgehead atoms. The van der Waals surface area contributed by atoms with Crippen LogP contribution >= 0.6 is 0 Å². The number of benzene rings is 2. The number of hydrogen-bond acceptors (Lipinski definition) is 5. The number of rotatable bonds is 5. The maximum atomic E-state index is 12.9. The van der Waals surface area contributed by atoms with Crippen molar-refractivity contribution < 1.29 is 32.2 Å². The molecule has 8 nitrogen and oxygen atoms in total. The summed E-state index contributed by atoms with van der Waals surface area (Å²) in [5.41, 5.74) is 1.05. The van der Waals surface area contributed by atoms with Crippen molar-refractivity contribution >= 4 is 23.4 Å². The number of ether oxygens (including phenoxy) is 2. The number of nitrogens with one attached hydrogen (secondary N) is 3. The predicted molar refractivity (Wildman–Crippen MR) is 127 cm³/mol. The molecule has 0 saturated heterocycles. The van der Waals surface area contributed by atoms with E-state index in [1.807, 2.05) is 18.2 Å². The summed E-state index contributed by atoms with van der Waals surface area (Å²) in [6.07, 6.45) is -2.08. The number of urea groups is 1. The number of anilines is 2. The summed E-state index contributed by atoms with van der Waals surface area (Å²) < 4.78 is 50.8. The van der Waals surface area contributed by atoms with Gasteiger partial charge in [-0.1, -0.05) is 6.07 Å². The normalized spacial score (nSPS) is 21.1. The van der Waals surface area contributed by atoms with Crippen LogP contribution in [0.15, 0.2) is 54.7 Å². The summed E-state index contributed by atoms with van der Waals surface area (Å²) in [4.78, 5) is 28.1. The van der Waals surface area contributed by atoms with Crippen molar-refractivity contribution in [2.75, 3.05) is 17.2 Å². The minimum atomic E-state index is -4.49. The van der Waals surface area contributed by atoms with Gasteiger partial charge in [-0.15, -0.1) is 0 Å². The number of carbonyl (C=O) groups is 2. The van der Waals surface area contributed by atoms with Crippen molar-refractivity contribution in [3.05, 3.63) is 71.4 Å². The molecule has 1 aliphatic carbocycles. The van der Waals surface area contributed by atoms with Gasteiger partial charge in [0.15, 0.2) is 0 Å². The molecule has 3 aromatic rings. The van der Waals surface area contributed by atoms with Crippen LogP contribution in [0, 0.1) is 5.92 Å². The van der Waals surface area contributed by atoms with Gasteiger partial charge in [-0.25, -0.2) is 9.78 Å². The molecule has 6 rings (SSSR count). The van der Waals surface area contributed by atoms with E-state index in [2.05, 4.69) is 20.9 Å². The van der Waals surface area contributed by atoms with E-state index in [0.717, 1.165) is 29.0 Å². The van der Waals surface area contributed by atoms with Gasteiger partial charge in [0, 0.05) is 47.8 Å². The predicted octanol–water partition coefficient (Wildman–Crippen LogP) is 5.07. The SMILES string of the molecule is O=C1CCc2c(Oc3ccc4c(c3)C3C(CNC(=O)Nc5cccc(C(F)(F)F)c5)C3O4)ccnc2N1. The third kappa shape index (κ3) is 4.52. The molecule has 11 heteroatoms. The number of pyridine rings is 1. The Bertz CT molecular complexity index is 1410. The molecule has 37 heavy (non-hydrogen) atoms. The highest BCUT2D eigenvalue weighted by Gasteiger charge is 2.58. The lowest BCUT2D eigenvalue weighted by Gasteiger charge is -2.19. The van der Waals surface area contributed by atoms with Crippen molar-refractivity contribution in [2.45, 2.75) is 31.0 Å². The summed E-state index contributed by atoms with van der Waals surface area (Å²) in [5.74, 6) is 2.56. The summed E-state index contributed by atoms with van der Waals surface area (Å²) in [6, 6.07) is 11.2. The Labute approximate surface area is 209 Å². The molecule has 1 fully saturated rings. The maximum Gasteiger partial charge on any atom is 0.416 e. The van der Waals surface area contributed by atoms with Gasteiger partial charge < -0.3 is 25.4 Å². The molecule has 3 unspecified atom stereocenters. The molecule has 0 spiro atoms. The van der Waals surface area contributed by atoms with Crippen LogP contribution in [-0.4, -0.2) is 29.6 Å². The highest BCUT2D eigenvalue weighted by atomic mass is 19.4. The van der Waals surface area contributed by atoms with E-state index >= 15 is 0 Å². The summed E-state index contributed by atoms with van der Waals surface area (Å²) in [6.45, 7) is 0.308. The molecular formula is C26H21F3N4O4. The van der Waals surface area contributed by atoms with Crippen LogP contribution in [0.3, 0.4) is 0 Å². The van der Waals surface area contributed by atoms with Gasteiger partial charge in [0.2, 0.25) is 5.91 Å². The second-order valence-corrected chi connectivity index (χ2v) is 9.17. The number of alkyl halides is 3.